The van der Waals surface area contributed by atoms with Crippen LogP contribution in [-0.2, 0) is 0 Å². The Balaban J connectivity index is 2.63. The largest absolute Gasteiger partial charge is 0.143 e. The second-order valence-electron chi connectivity index (χ2n) is 2.48. The van der Waals surface area contributed by atoms with Gasteiger partial charge in [0.05, 0.1) is 0 Å². The lowest BCUT2D eigenvalue weighted by Crippen LogP contribution is -1.72. The summed E-state index contributed by atoms with van der Waals surface area (Å²) in [5.74, 6) is 0.678. The van der Waals surface area contributed by atoms with Crippen LogP contribution in [0.25, 0.3) is 6.08 Å². The summed E-state index contributed by atoms with van der Waals surface area (Å²) in [6, 6.07) is 8.02. The van der Waals surface area contributed by atoms with Crippen LogP contribution >= 0.6 is 24.2 Å². The number of alkyl halides is 1. The van der Waals surface area contributed by atoms with Crippen LogP contribution in [0.3, 0.4) is 0 Å². The molecule has 0 bridgehead atoms. The zero-order valence-corrected chi connectivity index (χ0v) is 8.35. The van der Waals surface area contributed by atoms with Gasteiger partial charge in [-0.25, -0.2) is 0 Å². The van der Waals surface area contributed by atoms with E-state index in [0.29, 0.717) is 5.88 Å². The first kappa shape index (κ1) is 9.69. The third kappa shape index (κ3) is 3.33. The van der Waals surface area contributed by atoms with Crippen molar-refractivity contribution in [3.05, 3.63) is 35.9 Å². The van der Waals surface area contributed by atoms with Crippen molar-refractivity contribution in [1.82, 2.24) is 0 Å². The maximum atomic E-state index is 5.53. The molecule has 0 aliphatic heterocycles. The van der Waals surface area contributed by atoms with Gasteiger partial charge < -0.3 is 0 Å². The Labute approximate surface area is 83.7 Å². The molecule has 2 heteroatoms. The number of thiol groups is 1. The summed E-state index contributed by atoms with van der Waals surface area (Å²) in [6.07, 6.45) is 5.04. The van der Waals surface area contributed by atoms with E-state index in [9.17, 15) is 0 Å². The molecule has 0 atom stereocenters. The minimum absolute atomic E-state index is 0.678. The van der Waals surface area contributed by atoms with Crippen molar-refractivity contribution in [3.63, 3.8) is 0 Å². The van der Waals surface area contributed by atoms with Gasteiger partial charge >= 0.3 is 0 Å². The molecule has 0 amide bonds. The van der Waals surface area contributed by atoms with Gasteiger partial charge in [0.2, 0.25) is 0 Å². The SMILES string of the molecule is Sc1cccc(C=CCCCl)c1. The lowest BCUT2D eigenvalue weighted by Gasteiger charge is -1.93. The third-order valence-corrected chi connectivity index (χ3v) is 1.95. The molecule has 1 aromatic rings. The Hall–Kier alpha value is -0.400. The van der Waals surface area contributed by atoms with Crippen molar-refractivity contribution in [2.24, 2.45) is 0 Å². The number of halogens is 1. The molecular weight excluding hydrogens is 188 g/mol. The van der Waals surface area contributed by atoms with Gasteiger partial charge in [-0.05, 0) is 24.1 Å². The van der Waals surface area contributed by atoms with Crippen molar-refractivity contribution >= 4 is 30.3 Å². The average Bonchev–Trinajstić information content (AvgIpc) is 2.05. The van der Waals surface area contributed by atoms with Gasteiger partial charge in [0.25, 0.3) is 0 Å². The summed E-state index contributed by atoms with van der Waals surface area (Å²) >= 11 is 9.77. The van der Waals surface area contributed by atoms with E-state index in [2.05, 4.69) is 24.8 Å². The molecule has 0 saturated heterocycles. The van der Waals surface area contributed by atoms with Crippen molar-refractivity contribution in [1.29, 1.82) is 0 Å². The first-order valence-corrected chi connectivity index (χ1v) is 4.82. The summed E-state index contributed by atoms with van der Waals surface area (Å²) < 4.78 is 0. The van der Waals surface area contributed by atoms with Crippen LogP contribution in [0.15, 0.2) is 35.2 Å². The molecule has 0 N–H and O–H groups in total. The second kappa shape index (κ2) is 5.28. The van der Waals surface area contributed by atoms with Gasteiger partial charge in [0.15, 0.2) is 0 Å². The second-order valence-corrected chi connectivity index (χ2v) is 3.37. The minimum Gasteiger partial charge on any atom is -0.143 e. The van der Waals surface area contributed by atoms with Crippen LogP contribution in [-0.4, -0.2) is 5.88 Å². The zero-order chi connectivity index (χ0) is 8.81. The van der Waals surface area contributed by atoms with Crippen LogP contribution in [0.4, 0.5) is 0 Å². The van der Waals surface area contributed by atoms with E-state index in [0.717, 1.165) is 11.3 Å². The zero-order valence-electron chi connectivity index (χ0n) is 6.70. The summed E-state index contributed by atoms with van der Waals surface area (Å²) in [5.41, 5.74) is 1.17. The van der Waals surface area contributed by atoms with Gasteiger partial charge in [0, 0.05) is 10.8 Å². The van der Waals surface area contributed by atoms with E-state index in [-0.39, 0.29) is 0 Å². The van der Waals surface area contributed by atoms with E-state index in [1.54, 1.807) is 0 Å². The van der Waals surface area contributed by atoms with Crippen LogP contribution in [0.5, 0.6) is 0 Å². The van der Waals surface area contributed by atoms with E-state index in [1.165, 1.54) is 5.56 Å². The van der Waals surface area contributed by atoms with Crippen molar-refractivity contribution in [2.45, 2.75) is 11.3 Å². The standard InChI is InChI=1S/C10H11ClS/c11-7-2-1-4-9-5-3-6-10(12)8-9/h1,3-6,8,12H,2,7H2. The molecule has 0 aromatic heterocycles. The molecular formula is C10H11ClS. The summed E-state index contributed by atoms with van der Waals surface area (Å²) in [6.45, 7) is 0. The first-order valence-electron chi connectivity index (χ1n) is 3.84. The molecule has 0 fully saturated rings. The van der Waals surface area contributed by atoms with Crippen molar-refractivity contribution in [3.8, 4) is 0 Å². The number of benzene rings is 1. The predicted octanol–water partition coefficient (Wildman–Crippen LogP) is 3.62. The number of rotatable bonds is 3. The molecule has 0 unspecified atom stereocenters. The number of allylic oxidation sites excluding steroid dienone is 1. The average molecular weight is 199 g/mol. The molecule has 12 heavy (non-hydrogen) atoms. The van der Waals surface area contributed by atoms with Crippen LogP contribution in [0, 0.1) is 0 Å². The summed E-state index contributed by atoms with van der Waals surface area (Å²) in [5, 5.41) is 0. The quantitative estimate of drug-likeness (QED) is 0.557. The lowest BCUT2D eigenvalue weighted by atomic mass is 10.2. The monoisotopic (exact) mass is 198 g/mol. The topological polar surface area (TPSA) is 0 Å². The Bertz CT molecular complexity index is 268. The minimum atomic E-state index is 0.678. The normalized spacial score (nSPS) is 10.8. The highest BCUT2D eigenvalue weighted by Crippen LogP contribution is 2.10. The highest BCUT2D eigenvalue weighted by Gasteiger charge is 1.86. The van der Waals surface area contributed by atoms with E-state index in [1.807, 2.05) is 24.3 Å². The maximum absolute atomic E-state index is 5.53. The maximum Gasteiger partial charge on any atom is 0.0258 e. The van der Waals surface area contributed by atoms with E-state index < -0.39 is 0 Å². The molecule has 0 radical (unpaired) electrons. The Morgan fingerprint density at radius 2 is 2.25 bits per heavy atom. The third-order valence-electron chi connectivity index (χ3n) is 1.46. The van der Waals surface area contributed by atoms with Gasteiger partial charge in [-0.1, -0.05) is 24.3 Å². The summed E-state index contributed by atoms with van der Waals surface area (Å²) in [4.78, 5) is 0.989. The molecule has 0 heterocycles. The number of hydrogen-bond donors (Lipinski definition) is 1. The summed E-state index contributed by atoms with van der Waals surface area (Å²) in [7, 11) is 0. The highest BCUT2D eigenvalue weighted by atomic mass is 35.5. The van der Waals surface area contributed by atoms with Gasteiger partial charge in [-0.3, -0.25) is 0 Å². The van der Waals surface area contributed by atoms with Gasteiger partial charge in [-0.2, -0.15) is 0 Å². The van der Waals surface area contributed by atoms with Crippen LogP contribution < -0.4 is 0 Å². The highest BCUT2D eigenvalue weighted by molar-refractivity contribution is 7.80. The molecule has 0 spiro atoms. The molecule has 1 aromatic carbocycles. The van der Waals surface area contributed by atoms with Crippen LogP contribution in [0.2, 0.25) is 0 Å². The fraction of sp³-hybridized carbons (Fsp3) is 0.200. The Kier molecular flexibility index (Phi) is 4.26. The van der Waals surface area contributed by atoms with Crippen molar-refractivity contribution < 1.29 is 0 Å². The fourth-order valence-corrected chi connectivity index (χ4v) is 1.27. The molecule has 0 saturated carbocycles. The first-order chi connectivity index (χ1) is 5.83. The molecule has 1 rings (SSSR count). The number of hydrogen-bond acceptors (Lipinski definition) is 1. The molecule has 0 aliphatic carbocycles. The van der Waals surface area contributed by atoms with Gasteiger partial charge in [-0.15, -0.1) is 24.2 Å². The molecule has 0 aliphatic rings. The van der Waals surface area contributed by atoms with E-state index in [4.69, 9.17) is 11.6 Å². The van der Waals surface area contributed by atoms with Crippen molar-refractivity contribution in [2.75, 3.05) is 5.88 Å². The molecule has 0 nitrogen and oxygen atoms in total. The smallest absolute Gasteiger partial charge is 0.0258 e. The Morgan fingerprint density at radius 1 is 1.42 bits per heavy atom. The lowest BCUT2D eigenvalue weighted by molar-refractivity contribution is 1.24. The fourth-order valence-electron chi connectivity index (χ4n) is 0.911. The van der Waals surface area contributed by atoms with Crippen LogP contribution in [0.1, 0.15) is 12.0 Å². The Morgan fingerprint density at radius 3 is 2.92 bits per heavy atom. The predicted molar refractivity (Wildman–Crippen MR) is 58.1 cm³/mol. The van der Waals surface area contributed by atoms with Gasteiger partial charge in [0.1, 0.15) is 0 Å². The molecule has 64 valence electrons. The van der Waals surface area contributed by atoms with E-state index >= 15 is 0 Å².